The van der Waals surface area contributed by atoms with E-state index in [9.17, 15) is 17.2 Å². The van der Waals surface area contributed by atoms with Crippen LogP contribution in [-0.2, 0) is 15.6 Å². The van der Waals surface area contributed by atoms with Gasteiger partial charge in [0.2, 0.25) is 5.88 Å². The molecule has 0 N–H and O–H groups in total. The monoisotopic (exact) mass is 504 g/mol. The number of pyridine rings is 2. The van der Waals surface area contributed by atoms with E-state index in [1.807, 2.05) is 0 Å². The fraction of sp³-hybridized carbons (Fsp3) is 0.0769. The number of fused-ring (bicyclic) bond motifs is 1. The third-order valence-corrected chi connectivity index (χ3v) is 7.25. The van der Waals surface area contributed by atoms with Gasteiger partial charge in [-0.25, -0.2) is 32.2 Å². The number of sulfone groups is 1. The van der Waals surface area contributed by atoms with E-state index in [-0.39, 0.29) is 16.5 Å². The van der Waals surface area contributed by atoms with Crippen LogP contribution in [0.15, 0.2) is 84.3 Å². The van der Waals surface area contributed by atoms with Gasteiger partial charge >= 0.3 is 0 Å². The van der Waals surface area contributed by atoms with Crippen molar-refractivity contribution in [3.8, 4) is 28.4 Å². The van der Waals surface area contributed by atoms with Gasteiger partial charge in [-0.15, -0.1) is 0 Å². The molecular weight excluding hydrogens is 486 g/mol. The maximum absolute atomic E-state index is 13.7. The molecule has 0 atom stereocenters. The Kier molecular flexibility index (Phi) is 6.11. The lowest BCUT2D eigenvalue weighted by atomic mass is 10.0. The number of ether oxygens (including phenoxy) is 1. The number of methoxy groups -OCH3 is 1. The topological polar surface area (TPSA) is 94.9 Å². The molecule has 0 saturated heterocycles. The van der Waals surface area contributed by atoms with Crippen LogP contribution in [0.4, 0.5) is 8.78 Å². The van der Waals surface area contributed by atoms with Gasteiger partial charge < -0.3 is 4.74 Å². The van der Waals surface area contributed by atoms with E-state index < -0.39 is 21.5 Å². The van der Waals surface area contributed by atoms with E-state index in [2.05, 4.69) is 19.9 Å². The Morgan fingerprint density at radius 2 is 1.75 bits per heavy atom. The van der Waals surface area contributed by atoms with Crippen molar-refractivity contribution in [1.29, 1.82) is 0 Å². The Bertz CT molecular complexity index is 1700. The summed E-state index contributed by atoms with van der Waals surface area (Å²) >= 11 is 0. The summed E-state index contributed by atoms with van der Waals surface area (Å²) in [6.07, 6.45) is 4.37. The maximum atomic E-state index is 13.7. The third-order valence-electron chi connectivity index (χ3n) is 5.60. The lowest BCUT2D eigenvalue weighted by Crippen LogP contribution is -2.06. The number of aromatic nitrogens is 4. The number of halogens is 2. The van der Waals surface area contributed by atoms with Crippen LogP contribution in [0, 0.1) is 11.6 Å². The first kappa shape index (κ1) is 23.4. The molecule has 36 heavy (non-hydrogen) atoms. The number of rotatable bonds is 6. The molecule has 0 fully saturated rings. The molecule has 0 unspecified atom stereocenters. The van der Waals surface area contributed by atoms with Crippen molar-refractivity contribution in [2.45, 2.75) is 10.6 Å². The lowest BCUT2D eigenvalue weighted by molar-refractivity contribution is 0.400. The fourth-order valence-electron chi connectivity index (χ4n) is 3.84. The Hall–Kier alpha value is -4.31. The normalized spacial score (nSPS) is 11.5. The average molecular weight is 505 g/mol. The van der Waals surface area contributed by atoms with Gasteiger partial charge in [-0.2, -0.15) is 0 Å². The van der Waals surface area contributed by atoms with Crippen LogP contribution < -0.4 is 4.74 Å². The number of hydrogen-bond donors (Lipinski definition) is 0. The molecule has 0 aliphatic rings. The van der Waals surface area contributed by atoms with E-state index in [0.717, 1.165) is 12.1 Å². The summed E-state index contributed by atoms with van der Waals surface area (Å²) in [7, 11) is -2.19. The quantitative estimate of drug-likeness (QED) is 0.321. The first-order valence-electron chi connectivity index (χ1n) is 10.7. The predicted octanol–water partition coefficient (Wildman–Crippen LogP) is 5.01. The average Bonchev–Trinajstić information content (AvgIpc) is 2.89. The van der Waals surface area contributed by atoms with Crippen molar-refractivity contribution in [3.63, 3.8) is 0 Å². The highest BCUT2D eigenvalue weighted by atomic mass is 32.2. The second-order valence-electron chi connectivity index (χ2n) is 7.88. The SMILES string of the molecule is COc1nc(-c2ccc(F)c(F)c2)ccc1-c1nccc2cc(S(=O)(=O)Cc3ccncn3)ccc12. The van der Waals surface area contributed by atoms with E-state index >= 15 is 0 Å². The molecule has 180 valence electrons. The van der Waals surface area contributed by atoms with Gasteiger partial charge in [-0.1, -0.05) is 6.07 Å². The molecule has 2 aromatic carbocycles. The molecule has 0 aliphatic heterocycles. The van der Waals surface area contributed by atoms with Crippen molar-refractivity contribution in [2.75, 3.05) is 7.11 Å². The van der Waals surface area contributed by atoms with Gasteiger partial charge in [0.15, 0.2) is 21.5 Å². The van der Waals surface area contributed by atoms with Gasteiger partial charge in [0, 0.05) is 23.3 Å². The standard InChI is InChI=1S/C26H18F2N4O3S/c1-35-26-21(5-7-24(32-26)17-2-6-22(27)23(28)13-17)25-20-4-3-19(12-16(20)8-11-30-25)36(33,34)14-18-9-10-29-15-31-18/h2-13,15H,14H2,1H3. The van der Waals surface area contributed by atoms with Gasteiger partial charge in [0.05, 0.1) is 40.4 Å². The molecule has 0 radical (unpaired) electrons. The van der Waals surface area contributed by atoms with Gasteiger partial charge in [-0.05, 0) is 60.0 Å². The summed E-state index contributed by atoms with van der Waals surface area (Å²) in [5, 5.41) is 1.36. The highest BCUT2D eigenvalue weighted by Gasteiger charge is 2.19. The number of hydrogen-bond acceptors (Lipinski definition) is 7. The highest BCUT2D eigenvalue weighted by molar-refractivity contribution is 7.90. The summed E-state index contributed by atoms with van der Waals surface area (Å²) in [4.78, 5) is 16.9. The van der Waals surface area contributed by atoms with Crippen LogP contribution in [0.2, 0.25) is 0 Å². The minimum Gasteiger partial charge on any atom is -0.480 e. The van der Waals surface area contributed by atoms with Crippen LogP contribution in [0.1, 0.15) is 5.69 Å². The molecule has 0 amide bonds. The molecule has 0 saturated carbocycles. The van der Waals surface area contributed by atoms with Crippen molar-refractivity contribution in [2.24, 2.45) is 0 Å². The molecule has 5 aromatic rings. The third kappa shape index (κ3) is 4.50. The largest absolute Gasteiger partial charge is 0.480 e. The van der Waals surface area contributed by atoms with Crippen molar-refractivity contribution < 1.29 is 21.9 Å². The van der Waals surface area contributed by atoms with Crippen LogP contribution in [0.5, 0.6) is 5.88 Å². The molecule has 5 rings (SSSR count). The number of nitrogens with zero attached hydrogens (tertiary/aromatic N) is 4. The zero-order chi connectivity index (χ0) is 25.3. The second-order valence-corrected chi connectivity index (χ2v) is 9.87. The van der Waals surface area contributed by atoms with E-state index in [4.69, 9.17) is 4.74 Å². The van der Waals surface area contributed by atoms with Crippen LogP contribution >= 0.6 is 0 Å². The molecule has 10 heteroatoms. The van der Waals surface area contributed by atoms with E-state index in [1.54, 1.807) is 42.6 Å². The lowest BCUT2D eigenvalue weighted by Gasteiger charge is -2.12. The molecule has 3 heterocycles. The van der Waals surface area contributed by atoms with Crippen LogP contribution in [-0.4, -0.2) is 35.5 Å². The molecule has 7 nitrogen and oxygen atoms in total. The Morgan fingerprint density at radius 3 is 2.50 bits per heavy atom. The smallest absolute Gasteiger partial charge is 0.223 e. The molecule has 3 aromatic heterocycles. The zero-order valence-electron chi connectivity index (χ0n) is 18.9. The van der Waals surface area contributed by atoms with Crippen LogP contribution in [0.25, 0.3) is 33.3 Å². The summed E-state index contributed by atoms with van der Waals surface area (Å²) in [5.41, 5.74) is 2.29. The van der Waals surface area contributed by atoms with Crippen molar-refractivity contribution >= 4 is 20.6 Å². The fourth-order valence-corrected chi connectivity index (χ4v) is 5.15. The Balaban J connectivity index is 1.55. The highest BCUT2D eigenvalue weighted by Crippen LogP contribution is 2.35. The predicted molar refractivity (Wildman–Crippen MR) is 130 cm³/mol. The van der Waals surface area contributed by atoms with Gasteiger partial charge in [0.1, 0.15) is 6.33 Å². The summed E-state index contributed by atoms with van der Waals surface area (Å²) < 4.78 is 58.5. The van der Waals surface area contributed by atoms with E-state index in [0.29, 0.717) is 39.0 Å². The van der Waals surface area contributed by atoms with E-state index in [1.165, 1.54) is 31.8 Å². The first-order chi connectivity index (χ1) is 17.4. The number of benzene rings is 2. The van der Waals surface area contributed by atoms with Crippen LogP contribution in [0.3, 0.4) is 0 Å². The zero-order valence-corrected chi connectivity index (χ0v) is 19.7. The first-order valence-corrected chi connectivity index (χ1v) is 12.4. The maximum Gasteiger partial charge on any atom is 0.223 e. The van der Waals surface area contributed by atoms with Gasteiger partial charge in [0.25, 0.3) is 0 Å². The van der Waals surface area contributed by atoms with Crippen molar-refractivity contribution in [3.05, 3.63) is 96.7 Å². The molecule has 0 spiro atoms. The molecular formula is C26H18F2N4O3S. The van der Waals surface area contributed by atoms with Gasteiger partial charge in [-0.3, -0.25) is 4.98 Å². The minimum atomic E-state index is -3.64. The summed E-state index contributed by atoms with van der Waals surface area (Å²) in [6.45, 7) is 0. The summed E-state index contributed by atoms with van der Waals surface area (Å²) in [6, 6.07) is 15.0. The minimum absolute atomic E-state index is 0.157. The molecule has 0 bridgehead atoms. The van der Waals surface area contributed by atoms with Crippen molar-refractivity contribution in [1.82, 2.24) is 19.9 Å². The molecule has 0 aliphatic carbocycles. The second kappa shape index (κ2) is 9.38. The Labute approximate surface area is 205 Å². The summed E-state index contributed by atoms with van der Waals surface area (Å²) in [5.74, 6) is -1.93. The Morgan fingerprint density at radius 1 is 0.889 bits per heavy atom.